The molecule has 0 radical (unpaired) electrons. The van der Waals surface area contributed by atoms with E-state index in [1.165, 1.54) is 0 Å². The number of aromatic nitrogens is 2. The van der Waals surface area contributed by atoms with Gasteiger partial charge in [-0.3, -0.25) is 4.79 Å². The van der Waals surface area contributed by atoms with E-state index in [2.05, 4.69) is 23.8 Å². The molecule has 5 nitrogen and oxygen atoms in total. The maximum atomic E-state index is 11.1. The Bertz CT molecular complexity index is 463. The van der Waals surface area contributed by atoms with E-state index in [1.54, 1.807) is 7.11 Å². The molecule has 0 bridgehead atoms. The zero-order chi connectivity index (χ0) is 16.0. The summed E-state index contributed by atoms with van der Waals surface area (Å²) in [6.45, 7) is 8.09. The lowest BCUT2D eigenvalue weighted by Crippen LogP contribution is -2.31. The van der Waals surface area contributed by atoms with E-state index in [4.69, 9.17) is 9.84 Å². The Labute approximate surface area is 126 Å². The largest absolute Gasteiger partial charge is 0.481 e. The molecule has 21 heavy (non-hydrogen) atoms. The van der Waals surface area contributed by atoms with Crippen molar-refractivity contribution in [1.82, 2.24) is 9.97 Å². The minimum absolute atomic E-state index is 0.0230. The predicted octanol–water partition coefficient (Wildman–Crippen LogP) is 2.89. The van der Waals surface area contributed by atoms with Crippen LogP contribution in [0.4, 0.5) is 0 Å². The van der Waals surface area contributed by atoms with Gasteiger partial charge < -0.3 is 9.84 Å². The van der Waals surface area contributed by atoms with Crippen LogP contribution >= 0.6 is 0 Å². The normalized spacial score (nSPS) is 11.7. The average molecular weight is 294 g/mol. The molecule has 0 aliphatic carbocycles. The molecule has 0 saturated heterocycles. The van der Waals surface area contributed by atoms with Crippen LogP contribution in [-0.4, -0.2) is 28.2 Å². The fourth-order valence-corrected chi connectivity index (χ4v) is 2.67. The smallest absolute Gasteiger partial charge is 0.307 e. The molecule has 1 rings (SSSR count). The third-order valence-corrected chi connectivity index (χ3v) is 4.12. The highest BCUT2D eigenvalue weighted by molar-refractivity contribution is 5.71. The lowest BCUT2D eigenvalue weighted by molar-refractivity contribution is -0.136. The average Bonchev–Trinajstić information content (AvgIpc) is 2.49. The molecule has 0 atom stereocenters. The number of hydrogen-bond acceptors (Lipinski definition) is 4. The van der Waals surface area contributed by atoms with Crippen LogP contribution < -0.4 is 0 Å². The van der Waals surface area contributed by atoms with Crippen molar-refractivity contribution in [1.29, 1.82) is 0 Å². The lowest BCUT2D eigenvalue weighted by Gasteiger charge is -2.29. The van der Waals surface area contributed by atoms with E-state index in [0.717, 1.165) is 29.8 Å². The van der Waals surface area contributed by atoms with Crippen molar-refractivity contribution in [3.63, 3.8) is 0 Å². The second-order valence-corrected chi connectivity index (χ2v) is 5.10. The maximum Gasteiger partial charge on any atom is 0.307 e. The summed E-state index contributed by atoms with van der Waals surface area (Å²) in [4.78, 5) is 20.4. The Morgan fingerprint density at radius 2 is 1.57 bits per heavy atom. The summed E-state index contributed by atoms with van der Waals surface area (Å²) in [5.41, 5.74) is 1.91. The van der Waals surface area contributed by atoms with Gasteiger partial charge >= 0.3 is 5.97 Å². The monoisotopic (exact) mass is 294 g/mol. The van der Waals surface area contributed by atoms with E-state index in [1.807, 2.05) is 13.8 Å². The van der Waals surface area contributed by atoms with Crippen molar-refractivity contribution >= 4 is 5.97 Å². The Hall–Kier alpha value is -1.49. The molecular weight excluding hydrogens is 268 g/mol. The third-order valence-electron chi connectivity index (χ3n) is 4.12. The highest BCUT2D eigenvalue weighted by Gasteiger charge is 2.32. The first-order valence-corrected chi connectivity index (χ1v) is 7.63. The van der Waals surface area contributed by atoms with Gasteiger partial charge in [0.15, 0.2) is 5.82 Å². The van der Waals surface area contributed by atoms with Gasteiger partial charge in [0.1, 0.15) is 5.60 Å². The maximum absolute atomic E-state index is 11.1. The molecule has 118 valence electrons. The van der Waals surface area contributed by atoms with Gasteiger partial charge in [0, 0.05) is 24.1 Å². The Morgan fingerprint density at radius 3 is 1.86 bits per heavy atom. The van der Waals surface area contributed by atoms with Gasteiger partial charge in [0.05, 0.1) is 6.42 Å². The zero-order valence-corrected chi connectivity index (χ0v) is 13.7. The van der Waals surface area contributed by atoms with Gasteiger partial charge in [-0.25, -0.2) is 9.97 Å². The van der Waals surface area contributed by atoms with Crippen LogP contribution in [0.15, 0.2) is 0 Å². The first kappa shape index (κ1) is 17.6. The van der Waals surface area contributed by atoms with Crippen molar-refractivity contribution < 1.29 is 14.6 Å². The summed E-state index contributed by atoms with van der Waals surface area (Å²) >= 11 is 0. The number of hydrogen-bond donors (Lipinski definition) is 1. The SMILES string of the molecule is CCc1nc(C(CC)(CC)OC)nc(CC)c1CC(=O)O. The highest BCUT2D eigenvalue weighted by Crippen LogP contribution is 2.31. The van der Waals surface area contributed by atoms with Crippen LogP contribution in [0, 0.1) is 0 Å². The molecule has 0 spiro atoms. The third kappa shape index (κ3) is 3.59. The van der Waals surface area contributed by atoms with Crippen molar-refractivity contribution in [3.8, 4) is 0 Å². The quantitative estimate of drug-likeness (QED) is 0.798. The van der Waals surface area contributed by atoms with Crippen molar-refractivity contribution in [2.75, 3.05) is 7.11 Å². The number of carboxylic acid groups (broad SMARTS) is 1. The Balaban J connectivity index is 3.47. The minimum Gasteiger partial charge on any atom is -0.481 e. The molecule has 0 amide bonds. The summed E-state index contributed by atoms with van der Waals surface area (Å²) in [6.07, 6.45) is 2.93. The molecule has 5 heteroatoms. The van der Waals surface area contributed by atoms with Gasteiger partial charge in [-0.1, -0.05) is 27.7 Å². The number of rotatable bonds is 8. The Morgan fingerprint density at radius 1 is 1.10 bits per heavy atom. The second kappa shape index (κ2) is 7.50. The molecule has 0 aliphatic heterocycles. The number of aliphatic carboxylic acids is 1. The molecular formula is C16H26N2O3. The molecule has 0 aromatic carbocycles. The second-order valence-electron chi connectivity index (χ2n) is 5.10. The summed E-state index contributed by atoms with van der Waals surface area (Å²) in [5, 5.41) is 9.09. The summed E-state index contributed by atoms with van der Waals surface area (Å²) in [7, 11) is 1.68. The zero-order valence-electron chi connectivity index (χ0n) is 13.7. The van der Waals surface area contributed by atoms with Gasteiger partial charge in [-0.15, -0.1) is 0 Å². The Kier molecular flexibility index (Phi) is 6.27. The van der Waals surface area contributed by atoms with Crippen molar-refractivity contribution in [2.45, 2.75) is 65.4 Å². The fraction of sp³-hybridized carbons (Fsp3) is 0.688. The predicted molar refractivity (Wildman–Crippen MR) is 81.4 cm³/mol. The highest BCUT2D eigenvalue weighted by atomic mass is 16.5. The van der Waals surface area contributed by atoms with Crippen molar-refractivity contribution in [3.05, 3.63) is 22.8 Å². The molecule has 1 heterocycles. The lowest BCUT2D eigenvalue weighted by atomic mass is 9.94. The summed E-state index contributed by atoms with van der Waals surface area (Å²) < 4.78 is 5.70. The van der Waals surface area contributed by atoms with E-state index >= 15 is 0 Å². The molecule has 0 fully saturated rings. The standard InChI is InChI=1S/C16H26N2O3/c1-6-12-11(10-14(19)20)13(7-2)18-15(17-12)16(8-3,9-4)21-5/h6-10H2,1-5H3,(H,19,20). The summed E-state index contributed by atoms with van der Waals surface area (Å²) in [6, 6.07) is 0. The van der Waals surface area contributed by atoms with E-state index in [9.17, 15) is 4.79 Å². The van der Waals surface area contributed by atoms with Crippen LogP contribution in [0.5, 0.6) is 0 Å². The van der Waals surface area contributed by atoms with Gasteiger partial charge in [0.25, 0.3) is 0 Å². The fourth-order valence-electron chi connectivity index (χ4n) is 2.67. The summed E-state index contributed by atoms with van der Waals surface area (Å²) in [5.74, 6) is -0.169. The van der Waals surface area contributed by atoms with Crippen LogP contribution in [0.1, 0.15) is 63.3 Å². The van der Waals surface area contributed by atoms with E-state index in [-0.39, 0.29) is 6.42 Å². The van der Waals surface area contributed by atoms with Crippen LogP contribution in [0.3, 0.4) is 0 Å². The van der Waals surface area contributed by atoms with Crippen LogP contribution in [0.25, 0.3) is 0 Å². The molecule has 0 unspecified atom stereocenters. The van der Waals surface area contributed by atoms with E-state index < -0.39 is 11.6 Å². The number of methoxy groups -OCH3 is 1. The van der Waals surface area contributed by atoms with Crippen LogP contribution in [0.2, 0.25) is 0 Å². The molecule has 0 aliphatic rings. The molecule has 1 aromatic heterocycles. The van der Waals surface area contributed by atoms with Crippen molar-refractivity contribution in [2.24, 2.45) is 0 Å². The number of nitrogens with zero attached hydrogens (tertiary/aromatic N) is 2. The van der Waals surface area contributed by atoms with E-state index in [0.29, 0.717) is 18.7 Å². The first-order chi connectivity index (χ1) is 9.97. The topological polar surface area (TPSA) is 72.3 Å². The number of carboxylic acids is 1. The van der Waals surface area contributed by atoms with Gasteiger partial charge in [-0.05, 0) is 25.7 Å². The van der Waals surface area contributed by atoms with Gasteiger partial charge in [0.2, 0.25) is 0 Å². The molecule has 1 aromatic rings. The first-order valence-electron chi connectivity index (χ1n) is 7.63. The minimum atomic E-state index is -0.847. The van der Waals surface area contributed by atoms with Gasteiger partial charge in [-0.2, -0.15) is 0 Å². The molecule has 1 N–H and O–H groups in total. The molecule has 0 saturated carbocycles. The number of aryl methyl sites for hydroxylation is 2. The number of carbonyl (C=O) groups is 1. The van der Waals surface area contributed by atoms with Crippen LogP contribution in [-0.2, 0) is 34.4 Å². The number of ether oxygens (including phenoxy) is 1.